The van der Waals surface area contributed by atoms with E-state index in [1.807, 2.05) is 6.92 Å². The first-order valence-corrected chi connectivity index (χ1v) is 5.39. The predicted octanol–water partition coefficient (Wildman–Crippen LogP) is 0.206. The molecule has 2 heterocycles. The SMILES string of the molecule is CC(CO)N1CCC2(CC1)OCCO2. The van der Waals surface area contributed by atoms with Gasteiger partial charge in [0.15, 0.2) is 5.79 Å². The van der Waals surface area contributed by atoms with Crippen molar-refractivity contribution in [2.24, 2.45) is 0 Å². The number of aliphatic hydroxyl groups is 1. The molecule has 82 valence electrons. The predicted molar refractivity (Wildman–Crippen MR) is 52.0 cm³/mol. The molecule has 0 bridgehead atoms. The van der Waals surface area contributed by atoms with E-state index in [-0.39, 0.29) is 18.4 Å². The lowest BCUT2D eigenvalue weighted by Crippen LogP contribution is -2.48. The van der Waals surface area contributed by atoms with E-state index in [1.165, 1.54) is 0 Å². The van der Waals surface area contributed by atoms with Gasteiger partial charge in [-0.1, -0.05) is 0 Å². The van der Waals surface area contributed by atoms with E-state index in [0.717, 1.165) is 39.1 Å². The molecule has 0 amide bonds. The summed E-state index contributed by atoms with van der Waals surface area (Å²) in [6, 6.07) is 0.258. The van der Waals surface area contributed by atoms with Gasteiger partial charge in [0, 0.05) is 32.0 Å². The second kappa shape index (κ2) is 4.14. The molecule has 1 N–H and O–H groups in total. The van der Waals surface area contributed by atoms with E-state index in [2.05, 4.69) is 4.90 Å². The van der Waals surface area contributed by atoms with E-state index >= 15 is 0 Å². The molecule has 2 saturated heterocycles. The Morgan fingerprint density at radius 1 is 1.29 bits per heavy atom. The van der Waals surface area contributed by atoms with E-state index in [4.69, 9.17) is 14.6 Å². The minimum absolute atomic E-state index is 0.231. The molecule has 0 saturated carbocycles. The Kier molecular flexibility index (Phi) is 3.07. The summed E-state index contributed by atoms with van der Waals surface area (Å²) < 4.78 is 11.3. The van der Waals surface area contributed by atoms with Gasteiger partial charge in [0.2, 0.25) is 0 Å². The highest BCUT2D eigenvalue weighted by atomic mass is 16.7. The number of aliphatic hydroxyl groups excluding tert-OH is 1. The summed E-state index contributed by atoms with van der Waals surface area (Å²) in [4.78, 5) is 2.29. The first-order valence-electron chi connectivity index (χ1n) is 5.39. The van der Waals surface area contributed by atoms with Crippen molar-refractivity contribution in [2.75, 3.05) is 32.9 Å². The smallest absolute Gasteiger partial charge is 0.170 e. The van der Waals surface area contributed by atoms with Crippen LogP contribution in [0.1, 0.15) is 19.8 Å². The fourth-order valence-electron chi connectivity index (χ4n) is 2.21. The fourth-order valence-corrected chi connectivity index (χ4v) is 2.21. The lowest BCUT2D eigenvalue weighted by atomic mass is 10.0. The first-order chi connectivity index (χ1) is 6.76. The summed E-state index contributed by atoms with van der Waals surface area (Å²) in [5.41, 5.74) is 0. The Bertz CT molecular complexity index is 182. The minimum Gasteiger partial charge on any atom is -0.395 e. The summed E-state index contributed by atoms with van der Waals surface area (Å²) in [5, 5.41) is 9.04. The Morgan fingerprint density at radius 3 is 2.36 bits per heavy atom. The van der Waals surface area contributed by atoms with Crippen LogP contribution in [0.2, 0.25) is 0 Å². The number of likely N-dealkylation sites (tertiary alicyclic amines) is 1. The largest absolute Gasteiger partial charge is 0.395 e. The van der Waals surface area contributed by atoms with Gasteiger partial charge in [-0.15, -0.1) is 0 Å². The van der Waals surface area contributed by atoms with Crippen molar-refractivity contribution < 1.29 is 14.6 Å². The van der Waals surface area contributed by atoms with Crippen LogP contribution in [0.4, 0.5) is 0 Å². The van der Waals surface area contributed by atoms with Gasteiger partial charge in [-0.25, -0.2) is 0 Å². The average molecular weight is 201 g/mol. The lowest BCUT2D eigenvalue weighted by Gasteiger charge is -2.39. The zero-order valence-electron chi connectivity index (χ0n) is 8.74. The number of hydrogen-bond donors (Lipinski definition) is 1. The van der Waals surface area contributed by atoms with Gasteiger partial charge in [-0.05, 0) is 6.92 Å². The molecule has 4 nitrogen and oxygen atoms in total. The quantitative estimate of drug-likeness (QED) is 0.693. The summed E-state index contributed by atoms with van der Waals surface area (Å²) in [5.74, 6) is -0.286. The fraction of sp³-hybridized carbons (Fsp3) is 1.00. The third kappa shape index (κ3) is 1.93. The minimum atomic E-state index is -0.286. The highest BCUT2D eigenvalue weighted by Crippen LogP contribution is 2.31. The Morgan fingerprint density at radius 2 is 1.86 bits per heavy atom. The molecular weight excluding hydrogens is 182 g/mol. The van der Waals surface area contributed by atoms with Gasteiger partial charge in [-0.2, -0.15) is 0 Å². The standard InChI is InChI=1S/C10H19NO3/c1-9(8-12)11-4-2-10(3-5-11)13-6-7-14-10/h9,12H,2-8H2,1H3. The number of hydrogen-bond acceptors (Lipinski definition) is 4. The van der Waals surface area contributed by atoms with Crippen LogP contribution in [-0.4, -0.2) is 54.7 Å². The molecule has 0 aromatic heterocycles. The number of ether oxygens (including phenoxy) is 2. The van der Waals surface area contributed by atoms with Gasteiger partial charge < -0.3 is 14.6 Å². The van der Waals surface area contributed by atoms with Crippen molar-refractivity contribution in [1.82, 2.24) is 4.90 Å². The van der Waals surface area contributed by atoms with E-state index < -0.39 is 0 Å². The van der Waals surface area contributed by atoms with Gasteiger partial charge in [-0.3, -0.25) is 4.90 Å². The second-order valence-corrected chi connectivity index (χ2v) is 4.18. The van der Waals surface area contributed by atoms with E-state index in [1.54, 1.807) is 0 Å². The maximum absolute atomic E-state index is 9.04. The van der Waals surface area contributed by atoms with Crippen LogP contribution in [0, 0.1) is 0 Å². The summed E-state index contributed by atoms with van der Waals surface area (Å²) in [6.07, 6.45) is 1.86. The molecule has 2 aliphatic rings. The Hall–Kier alpha value is -0.160. The molecule has 4 heteroatoms. The van der Waals surface area contributed by atoms with Crippen molar-refractivity contribution in [3.8, 4) is 0 Å². The Balaban J connectivity index is 1.85. The topological polar surface area (TPSA) is 41.9 Å². The molecule has 14 heavy (non-hydrogen) atoms. The van der Waals surface area contributed by atoms with Gasteiger partial charge in [0.05, 0.1) is 19.8 Å². The summed E-state index contributed by atoms with van der Waals surface area (Å²) in [7, 11) is 0. The molecule has 2 fully saturated rings. The number of piperidine rings is 1. The highest BCUT2D eigenvalue weighted by Gasteiger charge is 2.40. The summed E-state index contributed by atoms with van der Waals surface area (Å²) in [6.45, 7) is 5.66. The Labute approximate surface area is 84.8 Å². The van der Waals surface area contributed by atoms with Crippen molar-refractivity contribution in [3.05, 3.63) is 0 Å². The molecular formula is C10H19NO3. The number of rotatable bonds is 2. The molecule has 2 rings (SSSR count). The second-order valence-electron chi connectivity index (χ2n) is 4.18. The third-order valence-corrected chi connectivity index (χ3v) is 3.26. The molecule has 1 unspecified atom stereocenters. The van der Waals surface area contributed by atoms with Crippen molar-refractivity contribution in [1.29, 1.82) is 0 Å². The van der Waals surface area contributed by atoms with Crippen LogP contribution in [0.25, 0.3) is 0 Å². The summed E-state index contributed by atoms with van der Waals surface area (Å²) >= 11 is 0. The molecule has 0 radical (unpaired) electrons. The van der Waals surface area contributed by atoms with Crippen LogP contribution in [0.3, 0.4) is 0 Å². The van der Waals surface area contributed by atoms with Gasteiger partial charge in [0.25, 0.3) is 0 Å². The maximum Gasteiger partial charge on any atom is 0.170 e. The van der Waals surface area contributed by atoms with Crippen LogP contribution < -0.4 is 0 Å². The highest BCUT2D eigenvalue weighted by molar-refractivity contribution is 4.84. The third-order valence-electron chi connectivity index (χ3n) is 3.26. The van der Waals surface area contributed by atoms with Crippen molar-refractivity contribution >= 4 is 0 Å². The molecule has 2 aliphatic heterocycles. The van der Waals surface area contributed by atoms with Crippen LogP contribution in [0.5, 0.6) is 0 Å². The maximum atomic E-state index is 9.04. The molecule has 0 aromatic rings. The average Bonchev–Trinajstić information content (AvgIpc) is 2.67. The first kappa shape index (κ1) is 10.4. The monoisotopic (exact) mass is 201 g/mol. The van der Waals surface area contributed by atoms with E-state index in [0.29, 0.717) is 0 Å². The molecule has 1 spiro atoms. The molecule has 0 aliphatic carbocycles. The van der Waals surface area contributed by atoms with Crippen LogP contribution >= 0.6 is 0 Å². The molecule has 1 atom stereocenters. The normalized spacial score (nSPS) is 29.6. The van der Waals surface area contributed by atoms with Crippen molar-refractivity contribution in [2.45, 2.75) is 31.6 Å². The molecule has 0 aromatic carbocycles. The zero-order valence-corrected chi connectivity index (χ0v) is 8.74. The van der Waals surface area contributed by atoms with Gasteiger partial charge in [0.1, 0.15) is 0 Å². The van der Waals surface area contributed by atoms with Crippen molar-refractivity contribution in [3.63, 3.8) is 0 Å². The van der Waals surface area contributed by atoms with Gasteiger partial charge >= 0.3 is 0 Å². The zero-order chi connectivity index (χ0) is 10.0. The van der Waals surface area contributed by atoms with Crippen LogP contribution in [0.15, 0.2) is 0 Å². The van der Waals surface area contributed by atoms with Crippen LogP contribution in [-0.2, 0) is 9.47 Å². The lowest BCUT2D eigenvalue weighted by molar-refractivity contribution is -0.188. The number of nitrogens with zero attached hydrogens (tertiary/aromatic N) is 1. The van der Waals surface area contributed by atoms with E-state index in [9.17, 15) is 0 Å².